The quantitative estimate of drug-likeness (QED) is 0.458. The summed E-state index contributed by atoms with van der Waals surface area (Å²) in [4.78, 5) is 21.0. The molecule has 4 aromatic rings. The molecule has 1 heterocycles. The van der Waals surface area contributed by atoms with Gasteiger partial charge in [-0.2, -0.15) is 0 Å². The molecule has 0 saturated carbocycles. The maximum absolute atomic E-state index is 12.4. The molecule has 4 rings (SSSR count). The highest BCUT2D eigenvalue weighted by Gasteiger charge is 2.08. The van der Waals surface area contributed by atoms with Crippen LogP contribution in [0.4, 0.5) is 0 Å². The van der Waals surface area contributed by atoms with E-state index in [0.29, 0.717) is 17.9 Å². The van der Waals surface area contributed by atoms with Crippen molar-refractivity contribution in [3.05, 3.63) is 107 Å². The minimum absolute atomic E-state index is 0.133. The number of carbonyl (C=O) groups excluding carboxylic acids is 1. The van der Waals surface area contributed by atoms with Crippen LogP contribution in [0, 0.1) is 13.8 Å². The van der Waals surface area contributed by atoms with Crippen molar-refractivity contribution in [1.82, 2.24) is 15.3 Å². The van der Waals surface area contributed by atoms with Crippen molar-refractivity contribution in [2.75, 3.05) is 0 Å². The van der Waals surface area contributed by atoms with Crippen molar-refractivity contribution < 1.29 is 9.53 Å². The molecule has 0 atom stereocenters. The van der Waals surface area contributed by atoms with Gasteiger partial charge in [0, 0.05) is 30.1 Å². The third-order valence-electron chi connectivity index (χ3n) is 4.95. The third-order valence-corrected chi connectivity index (χ3v) is 4.95. The average molecular weight is 409 g/mol. The average Bonchev–Trinajstić information content (AvgIpc) is 2.79. The van der Waals surface area contributed by atoms with Crippen LogP contribution in [-0.2, 0) is 6.54 Å². The zero-order valence-electron chi connectivity index (χ0n) is 17.5. The Kier molecular flexibility index (Phi) is 6.03. The van der Waals surface area contributed by atoms with Gasteiger partial charge < -0.3 is 10.1 Å². The number of hydrogen-bond acceptors (Lipinski definition) is 4. The van der Waals surface area contributed by atoms with Crippen LogP contribution in [0.3, 0.4) is 0 Å². The number of nitrogens with one attached hydrogen (secondary N) is 1. The molecule has 0 aliphatic heterocycles. The molecule has 0 unspecified atom stereocenters. The van der Waals surface area contributed by atoms with E-state index in [1.54, 1.807) is 36.7 Å². The van der Waals surface area contributed by atoms with Crippen LogP contribution in [0.1, 0.15) is 27.0 Å². The standard InChI is InChI=1S/C26H23N3O2/c1-18-6-5-8-20(14-18)15-27-25(30)21-10-12-23(13-11-21)31-26-28-16-22(17-29-26)24-9-4-3-7-19(24)2/h3-14,16-17H,15H2,1-2H3,(H,27,30). The van der Waals surface area contributed by atoms with E-state index < -0.39 is 0 Å². The highest BCUT2D eigenvalue weighted by molar-refractivity contribution is 5.94. The van der Waals surface area contributed by atoms with E-state index in [1.165, 1.54) is 5.56 Å². The maximum Gasteiger partial charge on any atom is 0.321 e. The highest BCUT2D eigenvalue weighted by Crippen LogP contribution is 2.24. The molecule has 0 bridgehead atoms. The van der Waals surface area contributed by atoms with Gasteiger partial charge in [-0.15, -0.1) is 0 Å². The van der Waals surface area contributed by atoms with E-state index >= 15 is 0 Å². The monoisotopic (exact) mass is 409 g/mol. The summed E-state index contributed by atoms with van der Waals surface area (Å²) in [5.74, 6) is 0.436. The second-order valence-corrected chi connectivity index (χ2v) is 7.37. The van der Waals surface area contributed by atoms with Crippen molar-refractivity contribution in [2.45, 2.75) is 20.4 Å². The van der Waals surface area contributed by atoms with Crippen molar-refractivity contribution >= 4 is 5.91 Å². The van der Waals surface area contributed by atoms with Crippen LogP contribution in [0.2, 0.25) is 0 Å². The van der Waals surface area contributed by atoms with Crippen LogP contribution >= 0.6 is 0 Å². The van der Waals surface area contributed by atoms with Crippen molar-refractivity contribution in [3.8, 4) is 22.9 Å². The summed E-state index contributed by atoms with van der Waals surface area (Å²) in [7, 11) is 0. The van der Waals surface area contributed by atoms with Gasteiger partial charge in [0.1, 0.15) is 5.75 Å². The molecule has 3 aromatic carbocycles. The minimum Gasteiger partial charge on any atom is -0.424 e. The second kappa shape index (κ2) is 9.22. The summed E-state index contributed by atoms with van der Waals surface area (Å²) in [6.45, 7) is 4.57. The number of carbonyl (C=O) groups is 1. The summed E-state index contributed by atoms with van der Waals surface area (Å²) in [6.07, 6.45) is 3.50. The van der Waals surface area contributed by atoms with Crippen molar-refractivity contribution in [3.63, 3.8) is 0 Å². The Bertz CT molecular complexity index is 1190. The first-order chi connectivity index (χ1) is 15.1. The van der Waals surface area contributed by atoms with Crippen LogP contribution in [0.5, 0.6) is 11.8 Å². The predicted octanol–water partition coefficient (Wildman–Crippen LogP) is 5.48. The van der Waals surface area contributed by atoms with Crippen LogP contribution < -0.4 is 10.1 Å². The number of hydrogen-bond donors (Lipinski definition) is 1. The Balaban J connectivity index is 1.37. The molecule has 1 amide bonds. The Labute approximate surface area is 181 Å². The molecule has 0 aliphatic carbocycles. The van der Waals surface area contributed by atoms with Gasteiger partial charge in [0.2, 0.25) is 0 Å². The number of amides is 1. The number of rotatable bonds is 6. The summed E-state index contributed by atoms with van der Waals surface area (Å²) < 4.78 is 5.72. The molecule has 5 nitrogen and oxygen atoms in total. The van der Waals surface area contributed by atoms with Crippen molar-refractivity contribution in [2.24, 2.45) is 0 Å². The first-order valence-electron chi connectivity index (χ1n) is 10.1. The van der Waals surface area contributed by atoms with E-state index in [-0.39, 0.29) is 11.9 Å². The smallest absolute Gasteiger partial charge is 0.321 e. The first kappa shape index (κ1) is 20.3. The second-order valence-electron chi connectivity index (χ2n) is 7.37. The molecule has 0 aliphatic rings. The van der Waals surface area contributed by atoms with Crippen LogP contribution in [-0.4, -0.2) is 15.9 Å². The zero-order chi connectivity index (χ0) is 21.6. The molecule has 5 heteroatoms. The molecule has 0 spiro atoms. The number of ether oxygens (including phenoxy) is 1. The molecule has 1 aromatic heterocycles. The summed E-state index contributed by atoms with van der Waals surface area (Å²) >= 11 is 0. The number of nitrogens with zero attached hydrogens (tertiary/aromatic N) is 2. The number of aryl methyl sites for hydroxylation is 2. The molecule has 1 N–H and O–H groups in total. The normalized spacial score (nSPS) is 10.5. The molecule has 0 radical (unpaired) electrons. The topological polar surface area (TPSA) is 64.1 Å². The highest BCUT2D eigenvalue weighted by atomic mass is 16.5. The summed E-state index contributed by atoms with van der Waals surface area (Å²) in [6, 6.07) is 23.3. The number of benzene rings is 3. The van der Waals surface area contributed by atoms with Gasteiger partial charge in [-0.3, -0.25) is 4.79 Å². The summed E-state index contributed by atoms with van der Waals surface area (Å²) in [5.41, 5.74) is 6.00. The third kappa shape index (κ3) is 5.14. The minimum atomic E-state index is -0.133. The lowest BCUT2D eigenvalue weighted by atomic mass is 10.0. The Morgan fingerprint density at radius 2 is 1.65 bits per heavy atom. The van der Waals surface area contributed by atoms with Gasteiger partial charge >= 0.3 is 6.01 Å². The zero-order valence-corrected chi connectivity index (χ0v) is 17.5. The van der Waals surface area contributed by atoms with E-state index in [0.717, 1.165) is 22.3 Å². The van der Waals surface area contributed by atoms with E-state index in [2.05, 4.69) is 34.3 Å². The van der Waals surface area contributed by atoms with Gasteiger partial charge in [-0.1, -0.05) is 54.1 Å². The first-order valence-corrected chi connectivity index (χ1v) is 10.1. The van der Waals surface area contributed by atoms with Gasteiger partial charge in [0.15, 0.2) is 0 Å². The lowest BCUT2D eigenvalue weighted by molar-refractivity contribution is 0.0951. The van der Waals surface area contributed by atoms with E-state index in [1.807, 2.05) is 43.3 Å². The van der Waals surface area contributed by atoms with Gasteiger partial charge in [-0.25, -0.2) is 9.97 Å². The summed E-state index contributed by atoms with van der Waals surface area (Å²) in [5, 5.41) is 2.93. The molecule has 0 fully saturated rings. The van der Waals surface area contributed by atoms with Gasteiger partial charge in [-0.05, 0) is 54.8 Å². The largest absolute Gasteiger partial charge is 0.424 e. The molecular formula is C26H23N3O2. The molecule has 154 valence electrons. The Hall–Kier alpha value is -3.99. The van der Waals surface area contributed by atoms with Crippen LogP contribution in [0.25, 0.3) is 11.1 Å². The fourth-order valence-electron chi connectivity index (χ4n) is 3.29. The van der Waals surface area contributed by atoms with Crippen molar-refractivity contribution in [1.29, 1.82) is 0 Å². The Morgan fingerprint density at radius 1 is 0.903 bits per heavy atom. The van der Waals surface area contributed by atoms with Gasteiger partial charge in [0.05, 0.1) is 0 Å². The molecular weight excluding hydrogens is 386 g/mol. The Morgan fingerprint density at radius 3 is 2.35 bits per heavy atom. The predicted molar refractivity (Wildman–Crippen MR) is 121 cm³/mol. The van der Waals surface area contributed by atoms with Gasteiger partial charge in [0.25, 0.3) is 5.91 Å². The van der Waals surface area contributed by atoms with Crippen LogP contribution in [0.15, 0.2) is 85.2 Å². The number of aromatic nitrogens is 2. The van der Waals surface area contributed by atoms with E-state index in [4.69, 9.17) is 4.74 Å². The lowest BCUT2D eigenvalue weighted by Crippen LogP contribution is -2.22. The fourth-order valence-corrected chi connectivity index (χ4v) is 3.29. The molecule has 31 heavy (non-hydrogen) atoms. The van der Waals surface area contributed by atoms with E-state index in [9.17, 15) is 4.79 Å². The maximum atomic E-state index is 12.4. The SMILES string of the molecule is Cc1cccc(CNC(=O)c2ccc(Oc3ncc(-c4ccccc4C)cn3)cc2)c1. The lowest BCUT2D eigenvalue weighted by Gasteiger charge is -2.08. The molecule has 0 saturated heterocycles. The fraction of sp³-hybridized carbons (Fsp3) is 0.115.